The van der Waals surface area contributed by atoms with E-state index in [4.69, 9.17) is 24.9 Å². The Bertz CT molecular complexity index is 1470. The minimum Gasteiger partial charge on any atom is -0.495 e. The molecule has 3 N–H and O–H groups in total. The third-order valence-electron chi connectivity index (χ3n) is 9.36. The second-order valence-electron chi connectivity index (χ2n) is 13.2. The molecule has 2 atom stereocenters. The highest BCUT2D eigenvalue weighted by atomic mass is 16.5. The number of allylic oxidation sites excluding steroid dienone is 1. The van der Waals surface area contributed by atoms with Gasteiger partial charge in [0.1, 0.15) is 18.1 Å². The Balaban J connectivity index is 1.64. The molecule has 1 aromatic heterocycles. The number of anilines is 3. The van der Waals surface area contributed by atoms with Gasteiger partial charge in [0.25, 0.3) is 0 Å². The van der Waals surface area contributed by atoms with Gasteiger partial charge >= 0.3 is 0 Å². The quantitative estimate of drug-likeness (QED) is 0.0866. The lowest BCUT2D eigenvalue weighted by atomic mass is 9.87. The molecule has 0 bridgehead atoms. The monoisotopic (exact) mass is 643 g/mol. The van der Waals surface area contributed by atoms with Crippen LogP contribution in [0.3, 0.4) is 0 Å². The van der Waals surface area contributed by atoms with Gasteiger partial charge < -0.3 is 30.2 Å². The summed E-state index contributed by atoms with van der Waals surface area (Å²) in [4.78, 5) is 12.0. The van der Waals surface area contributed by atoms with Crippen molar-refractivity contribution in [3.05, 3.63) is 70.6 Å². The molecule has 1 aliphatic rings. The van der Waals surface area contributed by atoms with Gasteiger partial charge in [-0.3, -0.25) is 0 Å². The first-order valence-corrected chi connectivity index (χ1v) is 17.4. The molecule has 0 aliphatic heterocycles. The maximum atomic E-state index is 6.63. The average molecular weight is 644 g/mol. The minimum absolute atomic E-state index is 0.404. The number of fused-ring (bicyclic) bond motifs is 1. The highest BCUT2D eigenvalue weighted by molar-refractivity contribution is 5.83. The van der Waals surface area contributed by atoms with Gasteiger partial charge in [-0.1, -0.05) is 57.4 Å². The van der Waals surface area contributed by atoms with Gasteiger partial charge in [-0.2, -0.15) is 0 Å². The predicted molar refractivity (Wildman–Crippen MR) is 195 cm³/mol. The van der Waals surface area contributed by atoms with Gasteiger partial charge in [-0.15, -0.1) is 0 Å². The molecule has 256 valence electrons. The van der Waals surface area contributed by atoms with E-state index in [1.54, 1.807) is 20.4 Å². The smallest absolute Gasteiger partial charge is 0.228 e. The Hall–Kier alpha value is -3.62. The molecule has 0 amide bonds. The lowest BCUT2D eigenvalue weighted by Gasteiger charge is -2.20. The normalized spacial score (nSPS) is 15.7. The largest absolute Gasteiger partial charge is 0.495 e. The van der Waals surface area contributed by atoms with Crippen molar-refractivity contribution in [1.82, 2.24) is 14.9 Å². The van der Waals surface area contributed by atoms with E-state index in [1.807, 2.05) is 6.07 Å². The molecule has 8 nitrogen and oxygen atoms in total. The van der Waals surface area contributed by atoms with Gasteiger partial charge in [0.05, 0.1) is 25.6 Å². The van der Waals surface area contributed by atoms with Crippen molar-refractivity contribution in [2.24, 2.45) is 11.8 Å². The molecule has 4 rings (SSSR count). The number of methoxy groups -OCH3 is 2. The number of nitrogens with one attached hydrogen (secondary N) is 1. The molecule has 0 saturated heterocycles. The SMILES string of the molecule is CC=C(c1cccc2c1CC(CC)CCC2)c1nc(Nc2cc(N)c(CC(C)CCCCN(C)C)cc2OC)ncc1OCCOC. The summed E-state index contributed by atoms with van der Waals surface area (Å²) in [5, 5.41) is 3.41. The molecule has 8 heteroatoms. The predicted octanol–water partition coefficient (Wildman–Crippen LogP) is 8.10. The fraction of sp³-hybridized carbons (Fsp3) is 0.538. The molecule has 2 unspecified atom stereocenters. The highest BCUT2D eigenvalue weighted by Gasteiger charge is 2.23. The van der Waals surface area contributed by atoms with E-state index in [-0.39, 0.29) is 0 Å². The van der Waals surface area contributed by atoms with Gasteiger partial charge in [-0.25, -0.2) is 9.97 Å². The molecular weight excluding hydrogens is 586 g/mol. The van der Waals surface area contributed by atoms with Crippen molar-refractivity contribution < 1.29 is 14.2 Å². The van der Waals surface area contributed by atoms with Gasteiger partial charge in [0, 0.05) is 18.4 Å². The van der Waals surface area contributed by atoms with E-state index in [2.05, 4.69) is 80.4 Å². The Labute approximate surface area is 283 Å². The van der Waals surface area contributed by atoms with E-state index in [0.717, 1.165) is 54.0 Å². The standard InChI is InChI=1S/C39H57N5O3/c1-8-28-15-12-16-29-17-13-18-32(33(29)23-28)31(9-2)38-37(47-21-20-45-6)26-41-39(43-38)42-35-25-34(40)30(24-36(35)46-7)22-27(3)14-10-11-19-44(4)5/h9,13,17-18,24-28H,8,10-12,14-16,19-23,40H2,1-7H3,(H,41,42,43). The van der Waals surface area contributed by atoms with Crippen molar-refractivity contribution in [3.8, 4) is 11.5 Å². The van der Waals surface area contributed by atoms with Gasteiger partial charge in [0.2, 0.25) is 5.95 Å². The second kappa shape index (κ2) is 18.1. The topological polar surface area (TPSA) is 94.8 Å². The maximum Gasteiger partial charge on any atom is 0.228 e. The number of nitrogens with two attached hydrogens (primary N) is 1. The van der Waals surface area contributed by atoms with Crippen LogP contribution >= 0.6 is 0 Å². The summed E-state index contributed by atoms with van der Waals surface area (Å²) >= 11 is 0. The lowest BCUT2D eigenvalue weighted by molar-refractivity contribution is 0.145. The number of aromatic nitrogens is 2. The summed E-state index contributed by atoms with van der Waals surface area (Å²) in [5.74, 6) is 3.00. The van der Waals surface area contributed by atoms with Crippen LogP contribution in [0.2, 0.25) is 0 Å². The lowest BCUT2D eigenvalue weighted by Crippen LogP contribution is -2.13. The van der Waals surface area contributed by atoms with Crippen molar-refractivity contribution in [1.29, 1.82) is 0 Å². The first-order chi connectivity index (χ1) is 22.8. The summed E-state index contributed by atoms with van der Waals surface area (Å²) in [6.45, 7) is 8.67. The summed E-state index contributed by atoms with van der Waals surface area (Å²) in [5.41, 5.74) is 15.1. The number of aryl methyl sites for hydroxylation is 1. The molecule has 0 spiro atoms. The molecule has 47 heavy (non-hydrogen) atoms. The number of nitrogens with zero attached hydrogens (tertiary/aromatic N) is 3. The third-order valence-corrected chi connectivity index (χ3v) is 9.36. The van der Waals surface area contributed by atoms with E-state index in [0.29, 0.717) is 42.5 Å². The second-order valence-corrected chi connectivity index (χ2v) is 13.2. The Morgan fingerprint density at radius 2 is 1.98 bits per heavy atom. The zero-order valence-corrected chi connectivity index (χ0v) is 29.8. The van der Waals surface area contributed by atoms with Crippen LogP contribution in [0.25, 0.3) is 5.57 Å². The van der Waals surface area contributed by atoms with Crippen molar-refractivity contribution >= 4 is 22.9 Å². The summed E-state index contributed by atoms with van der Waals surface area (Å²) in [6, 6.07) is 10.7. The van der Waals surface area contributed by atoms with Crippen LogP contribution in [-0.4, -0.2) is 62.9 Å². The number of unbranched alkanes of at least 4 members (excludes halogenated alkanes) is 1. The molecule has 3 aromatic rings. The van der Waals surface area contributed by atoms with Crippen molar-refractivity contribution in [3.63, 3.8) is 0 Å². The Morgan fingerprint density at radius 3 is 2.70 bits per heavy atom. The van der Waals surface area contributed by atoms with Crippen LogP contribution in [0.15, 0.2) is 42.6 Å². The Kier molecular flexibility index (Phi) is 13.9. The molecular formula is C39H57N5O3. The molecule has 1 aliphatic carbocycles. The number of hydrogen-bond donors (Lipinski definition) is 2. The van der Waals surface area contributed by atoms with E-state index in [1.165, 1.54) is 55.2 Å². The van der Waals surface area contributed by atoms with Gasteiger partial charge in [0.15, 0.2) is 5.75 Å². The number of ether oxygens (including phenoxy) is 3. The number of hydrogen-bond acceptors (Lipinski definition) is 8. The van der Waals surface area contributed by atoms with Crippen LogP contribution < -0.4 is 20.5 Å². The van der Waals surface area contributed by atoms with Crippen LogP contribution in [-0.2, 0) is 24.0 Å². The first kappa shape index (κ1) is 36.2. The minimum atomic E-state index is 0.404. The first-order valence-electron chi connectivity index (χ1n) is 17.4. The van der Waals surface area contributed by atoms with Crippen LogP contribution in [0.4, 0.5) is 17.3 Å². The Morgan fingerprint density at radius 1 is 1.15 bits per heavy atom. The van der Waals surface area contributed by atoms with Crippen molar-refractivity contribution in [2.75, 3.05) is 59.1 Å². The number of rotatable bonds is 17. The van der Waals surface area contributed by atoms with E-state index >= 15 is 0 Å². The van der Waals surface area contributed by atoms with E-state index in [9.17, 15) is 0 Å². The zero-order valence-electron chi connectivity index (χ0n) is 29.8. The fourth-order valence-corrected chi connectivity index (χ4v) is 6.67. The summed E-state index contributed by atoms with van der Waals surface area (Å²) < 4.78 is 17.3. The summed E-state index contributed by atoms with van der Waals surface area (Å²) in [7, 11) is 7.61. The van der Waals surface area contributed by atoms with Crippen LogP contribution in [0, 0.1) is 11.8 Å². The number of nitrogen functional groups attached to an aromatic ring is 1. The highest BCUT2D eigenvalue weighted by Crippen LogP contribution is 2.38. The number of benzene rings is 2. The summed E-state index contributed by atoms with van der Waals surface area (Å²) in [6.07, 6.45) is 14.3. The van der Waals surface area contributed by atoms with Crippen LogP contribution in [0.5, 0.6) is 11.5 Å². The molecule has 1 heterocycles. The zero-order chi connectivity index (χ0) is 33.8. The van der Waals surface area contributed by atoms with E-state index < -0.39 is 0 Å². The molecule has 0 radical (unpaired) electrons. The maximum absolute atomic E-state index is 6.63. The third kappa shape index (κ3) is 9.94. The van der Waals surface area contributed by atoms with Crippen LogP contribution in [0.1, 0.15) is 87.2 Å². The molecule has 2 aromatic carbocycles. The average Bonchev–Trinajstić information content (AvgIpc) is 3.28. The van der Waals surface area contributed by atoms with Crippen molar-refractivity contribution in [2.45, 2.75) is 78.6 Å². The fourth-order valence-electron chi connectivity index (χ4n) is 6.67. The molecule has 0 fully saturated rings. The van der Waals surface area contributed by atoms with Gasteiger partial charge in [-0.05, 0) is 112 Å². The molecule has 0 saturated carbocycles.